The topological polar surface area (TPSA) is 105 Å². The second-order valence-corrected chi connectivity index (χ2v) is 11.6. The zero-order chi connectivity index (χ0) is 28.8. The Morgan fingerprint density at radius 3 is 2.49 bits per heavy atom. The Balaban J connectivity index is 1.54. The molecule has 4 bridgehead atoms. The molecule has 10 heteroatoms. The molecule has 41 heavy (non-hydrogen) atoms. The Kier molecular flexibility index (Phi) is 9.67. The first-order valence-electron chi connectivity index (χ1n) is 15.3. The van der Waals surface area contributed by atoms with Crippen molar-refractivity contribution in [1.29, 1.82) is 0 Å². The molecule has 3 heterocycles. The molecule has 3 atom stereocenters. The van der Waals surface area contributed by atoms with Gasteiger partial charge in [0.05, 0.1) is 45.1 Å². The number of cyclic esters (lactones) is 1. The number of piperidine rings is 1. The monoisotopic (exact) mass is 568 g/mol. The first-order valence-corrected chi connectivity index (χ1v) is 15.3. The van der Waals surface area contributed by atoms with Crippen LogP contribution < -0.4 is 14.2 Å². The lowest BCUT2D eigenvalue weighted by Gasteiger charge is -2.39. The van der Waals surface area contributed by atoms with Crippen molar-refractivity contribution < 1.29 is 28.5 Å². The molecule has 2 aromatic rings. The summed E-state index contributed by atoms with van der Waals surface area (Å²) in [6.45, 7) is 3.35. The van der Waals surface area contributed by atoms with Crippen molar-refractivity contribution in [2.75, 3.05) is 34.0 Å². The van der Waals surface area contributed by atoms with E-state index in [-0.39, 0.29) is 23.8 Å². The minimum absolute atomic E-state index is 0.000986. The van der Waals surface area contributed by atoms with E-state index in [1.54, 1.807) is 19.1 Å². The zero-order valence-corrected chi connectivity index (χ0v) is 24.7. The first kappa shape index (κ1) is 29.2. The standard InChI is InChI=1S/C31H44N4O6/c1-21-14-17-40-27-19-23(18-26(38-2)29(27)39-3)28(22-10-5-4-6-11-22)30(36)34-15-8-7-13-25(34)31(37)41-16-9-12-24-20-35(21)33-32-24/h18-22,25,28H,4-17H2,1-3H3/t21-,25-,28-/m0/s1. The van der Waals surface area contributed by atoms with Crippen LogP contribution in [0.4, 0.5) is 0 Å². The highest BCUT2D eigenvalue weighted by atomic mass is 16.5. The Morgan fingerprint density at radius 2 is 1.71 bits per heavy atom. The highest BCUT2D eigenvalue weighted by molar-refractivity contribution is 5.89. The van der Waals surface area contributed by atoms with Gasteiger partial charge in [-0.05, 0) is 75.5 Å². The molecule has 224 valence electrons. The van der Waals surface area contributed by atoms with Crippen molar-refractivity contribution in [2.45, 2.75) is 95.6 Å². The number of nitrogens with zero attached hydrogens (tertiary/aromatic N) is 4. The molecule has 0 radical (unpaired) electrons. The van der Waals surface area contributed by atoms with Crippen LogP contribution in [0.15, 0.2) is 18.3 Å². The van der Waals surface area contributed by atoms with E-state index < -0.39 is 12.0 Å². The van der Waals surface area contributed by atoms with Gasteiger partial charge in [-0.1, -0.05) is 24.5 Å². The molecule has 2 fully saturated rings. The van der Waals surface area contributed by atoms with E-state index in [9.17, 15) is 9.59 Å². The van der Waals surface area contributed by atoms with E-state index in [0.717, 1.165) is 49.8 Å². The van der Waals surface area contributed by atoms with Crippen molar-refractivity contribution in [3.05, 3.63) is 29.6 Å². The van der Waals surface area contributed by atoms with Crippen LogP contribution in [0.1, 0.15) is 94.3 Å². The fourth-order valence-corrected chi connectivity index (χ4v) is 6.58. The van der Waals surface area contributed by atoms with Gasteiger partial charge in [-0.25, -0.2) is 9.48 Å². The third kappa shape index (κ3) is 6.62. The lowest BCUT2D eigenvalue weighted by molar-refractivity contribution is -0.158. The van der Waals surface area contributed by atoms with Crippen molar-refractivity contribution in [3.63, 3.8) is 0 Å². The third-order valence-corrected chi connectivity index (χ3v) is 8.90. The van der Waals surface area contributed by atoms with Gasteiger partial charge in [0.15, 0.2) is 11.5 Å². The number of amides is 1. The number of hydrogen-bond donors (Lipinski definition) is 0. The number of methoxy groups -OCH3 is 2. The molecule has 0 N–H and O–H groups in total. The Bertz CT molecular complexity index is 1190. The van der Waals surface area contributed by atoms with Crippen molar-refractivity contribution in [2.24, 2.45) is 5.92 Å². The number of hydrogen-bond acceptors (Lipinski definition) is 8. The summed E-state index contributed by atoms with van der Waals surface area (Å²) in [6.07, 6.45) is 11.7. The summed E-state index contributed by atoms with van der Waals surface area (Å²) in [7, 11) is 3.20. The van der Waals surface area contributed by atoms with Gasteiger partial charge in [0.2, 0.25) is 11.7 Å². The lowest BCUT2D eigenvalue weighted by Crippen LogP contribution is -2.51. The Morgan fingerprint density at radius 1 is 0.902 bits per heavy atom. The predicted octanol–water partition coefficient (Wildman–Crippen LogP) is 4.86. The van der Waals surface area contributed by atoms with Gasteiger partial charge in [0.25, 0.3) is 0 Å². The third-order valence-electron chi connectivity index (χ3n) is 8.90. The van der Waals surface area contributed by atoms with Crippen LogP contribution >= 0.6 is 0 Å². The molecule has 2 aliphatic heterocycles. The summed E-state index contributed by atoms with van der Waals surface area (Å²) in [6, 6.07) is 3.37. The van der Waals surface area contributed by atoms with Gasteiger partial charge in [-0.2, -0.15) is 0 Å². The molecule has 1 saturated carbocycles. The molecule has 3 aliphatic rings. The number of carbonyl (C=O) groups is 2. The van der Waals surface area contributed by atoms with E-state index in [2.05, 4.69) is 17.2 Å². The fraction of sp³-hybridized carbons (Fsp3) is 0.677. The molecule has 1 aromatic carbocycles. The summed E-state index contributed by atoms with van der Waals surface area (Å²) in [5.41, 5.74) is 1.70. The summed E-state index contributed by atoms with van der Waals surface area (Å²) in [4.78, 5) is 29.7. The van der Waals surface area contributed by atoms with Crippen molar-refractivity contribution in [1.82, 2.24) is 19.9 Å². The maximum absolute atomic E-state index is 14.5. The van der Waals surface area contributed by atoms with Gasteiger partial charge < -0.3 is 23.8 Å². The molecule has 10 nitrogen and oxygen atoms in total. The van der Waals surface area contributed by atoms with Crippen LogP contribution in [-0.4, -0.2) is 71.8 Å². The molecule has 1 amide bonds. The van der Waals surface area contributed by atoms with E-state index >= 15 is 0 Å². The van der Waals surface area contributed by atoms with Crippen LogP contribution in [0.25, 0.3) is 0 Å². The SMILES string of the molecule is COc1cc2cc(c1OC)OCC[C@H](C)n1cc(nn1)CCCOC(=O)[C@@H]1CCCCN1C(=O)[C@H]2C1CCCCC1. The number of fused-ring (bicyclic) bond motifs is 5. The predicted molar refractivity (Wildman–Crippen MR) is 152 cm³/mol. The van der Waals surface area contributed by atoms with E-state index in [1.807, 2.05) is 23.0 Å². The molecule has 0 spiro atoms. The van der Waals surface area contributed by atoms with Crippen LogP contribution in [0.2, 0.25) is 0 Å². The van der Waals surface area contributed by atoms with E-state index in [1.165, 1.54) is 6.42 Å². The average Bonchev–Trinajstić information content (AvgIpc) is 3.48. The number of aryl methyl sites for hydroxylation is 1. The molecule has 0 unspecified atom stereocenters. The summed E-state index contributed by atoms with van der Waals surface area (Å²) in [5.74, 6) is 1.05. The highest BCUT2D eigenvalue weighted by Gasteiger charge is 2.41. The van der Waals surface area contributed by atoms with E-state index in [0.29, 0.717) is 62.7 Å². The van der Waals surface area contributed by atoms with Gasteiger partial charge in [0, 0.05) is 19.2 Å². The van der Waals surface area contributed by atoms with Gasteiger partial charge in [-0.3, -0.25) is 4.79 Å². The number of aromatic nitrogens is 3. The highest BCUT2D eigenvalue weighted by Crippen LogP contribution is 2.45. The number of rotatable bonds is 3. The number of ether oxygens (including phenoxy) is 4. The normalized spacial score (nSPS) is 25.1. The largest absolute Gasteiger partial charge is 0.493 e. The maximum atomic E-state index is 14.5. The first-order chi connectivity index (χ1) is 20.0. The molecule has 1 saturated heterocycles. The molecular weight excluding hydrogens is 524 g/mol. The minimum atomic E-state index is -0.568. The number of benzene rings is 1. The van der Waals surface area contributed by atoms with Gasteiger partial charge in [-0.15, -0.1) is 5.10 Å². The van der Waals surface area contributed by atoms with Crippen LogP contribution in [-0.2, 0) is 20.7 Å². The van der Waals surface area contributed by atoms with Crippen molar-refractivity contribution in [3.8, 4) is 17.2 Å². The van der Waals surface area contributed by atoms with Crippen LogP contribution in [0, 0.1) is 5.92 Å². The Hall–Kier alpha value is -3.30. The zero-order valence-electron chi connectivity index (χ0n) is 24.7. The smallest absolute Gasteiger partial charge is 0.328 e. The lowest BCUT2D eigenvalue weighted by atomic mass is 9.75. The molecule has 5 rings (SSSR count). The maximum Gasteiger partial charge on any atom is 0.328 e. The summed E-state index contributed by atoms with van der Waals surface area (Å²) < 4.78 is 25.4. The second-order valence-electron chi connectivity index (χ2n) is 11.6. The van der Waals surface area contributed by atoms with Crippen LogP contribution in [0.5, 0.6) is 17.2 Å². The number of carbonyl (C=O) groups excluding carboxylic acids is 2. The average molecular weight is 569 g/mol. The van der Waals surface area contributed by atoms with E-state index in [4.69, 9.17) is 18.9 Å². The fourth-order valence-electron chi connectivity index (χ4n) is 6.58. The molecule has 1 aliphatic carbocycles. The second kappa shape index (κ2) is 13.6. The minimum Gasteiger partial charge on any atom is -0.493 e. The van der Waals surface area contributed by atoms with Gasteiger partial charge >= 0.3 is 5.97 Å². The molecular formula is C31H44N4O6. The molecule has 1 aromatic heterocycles. The van der Waals surface area contributed by atoms with Gasteiger partial charge in [0.1, 0.15) is 6.04 Å². The Labute approximate surface area is 242 Å². The summed E-state index contributed by atoms with van der Waals surface area (Å²) in [5, 5.41) is 8.61. The summed E-state index contributed by atoms with van der Waals surface area (Å²) >= 11 is 0. The van der Waals surface area contributed by atoms with Crippen molar-refractivity contribution >= 4 is 11.9 Å². The number of esters is 1. The van der Waals surface area contributed by atoms with Crippen LogP contribution in [0.3, 0.4) is 0 Å². The quantitative estimate of drug-likeness (QED) is 0.484.